The summed E-state index contributed by atoms with van der Waals surface area (Å²) < 4.78 is 0. The first-order valence-corrected chi connectivity index (χ1v) is 7.08. The minimum atomic E-state index is 0.549. The van der Waals surface area contributed by atoms with Crippen molar-refractivity contribution in [2.45, 2.75) is 44.6 Å². The molecule has 0 aliphatic heterocycles. The Morgan fingerprint density at radius 3 is 2.84 bits per heavy atom. The fraction of sp³-hybridized carbons (Fsp3) is 0.467. The van der Waals surface area contributed by atoms with Crippen LogP contribution in [0.15, 0.2) is 24.3 Å². The Balaban J connectivity index is 1.83. The summed E-state index contributed by atoms with van der Waals surface area (Å²) in [5.41, 5.74) is 7.83. The van der Waals surface area contributed by atoms with Crippen molar-refractivity contribution >= 4 is 0 Å². The summed E-state index contributed by atoms with van der Waals surface area (Å²) in [6.07, 6.45) is 6.44. The maximum Gasteiger partial charge on any atom is 0.181 e. The fourth-order valence-corrected chi connectivity index (χ4v) is 2.80. The van der Waals surface area contributed by atoms with Crippen LogP contribution in [0.25, 0.3) is 11.4 Å². The highest BCUT2D eigenvalue weighted by molar-refractivity contribution is 5.55. The van der Waals surface area contributed by atoms with Crippen LogP contribution in [0.4, 0.5) is 0 Å². The Labute approximate surface area is 113 Å². The summed E-state index contributed by atoms with van der Waals surface area (Å²) in [6, 6.07) is 8.13. The summed E-state index contributed by atoms with van der Waals surface area (Å²) in [7, 11) is 0. The van der Waals surface area contributed by atoms with Crippen LogP contribution in [0.1, 0.15) is 49.4 Å². The number of rotatable bonds is 3. The van der Waals surface area contributed by atoms with Gasteiger partial charge < -0.3 is 5.73 Å². The maximum atomic E-state index is 5.67. The second kappa shape index (κ2) is 5.53. The molecule has 1 aliphatic carbocycles. The van der Waals surface area contributed by atoms with E-state index in [9.17, 15) is 0 Å². The number of nitrogens with two attached hydrogens (primary N) is 1. The van der Waals surface area contributed by atoms with Crippen LogP contribution in [-0.2, 0) is 6.54 Å². The molecule has 3 rings (SSSR count). The molecule has 0 radical (unpaired) electrons. The Kier molecular flexibility index (Phi) is 3.60. The van der Waals surface area contributed by atoms with Gasteiger partial charge in [-0.15, -0.1) is 0 Å². The number of aromatic nitrogens is 3. The molecule has 0 unspecified atom stereocenters. The quantitative estimate of drug-likeness (QED) is 0.887. The summed E-state index contributed by atoms with van der Waals surface area (Å²) in [5.74, 6) is 2.40. The molecule has 1 aliphatic rings. The van der Waals surface area contributed by atoms with Gasteiger partial charge in [-0.25, -0.2) is 4.98 Å². The Hall–Kier alpha value is -1.68. The molecular formula is C15H20N4. The van der Waals surface area contributed by atoms with E-state index in [0.717, 1.165) is 22.8 Å². The minimum Gasteiger partial charge on any atom is -0.326 e. The van der Waals surface area contributed by atoms with Gasteiger partial charge in [0.15, 0.2) is 5.82 Å². The molecule has 0 bridgehead atoms. The van der Waals surface area contributed by atoms with Crippen molar-refractivity contribution < 1.29 is 0 Å². The standard InChI is InChI=1S/C15H20N4/c16-10-11-5-4-8-13(9-11)15-17-14(18-19-15)12-6-2-1-3-7-12/h4-5,8-9,12H,1-3,6-7,10,16H2,(H,17,18,19). The molecule has 4 heteroatoms. The van der Waals surface area contributed by atoms with Crippen molar-refractivity contribution in [3.63, 3.8) is 0 Å². The normalized spacial score (nSPS) is 16.7. The molecule has 4 nitrogen and oxygen atoms in total. The van der Waals surface area contributed by atoms with Gasteiger partial charge in [0.05, 0.1) is 0 Å². The lowest BCUT2D eigenvalue weighted by Gasteiger charge is -2.18. The van der Waals surface area contributed by atoms with Crippen molar-refractivity contribution in [3.8, 4) is 11.4 Å². The third-order valence-corrected chi connectivity index (χ3v) is 3.92. The number of nitrogens with one attached hydrogen (secondary N) is 1. The van der Waals surface area contributed by atoms with Crippen LogP contribution in [0.5, 0.6) is 0 Å². The molecule has 100 valence electrons. The second-order valence-electron chi connectivity index (χ2n) is 5.28. The molecule has 1 aromatic heterocycles. The van der Waals surface area contributed by atoms with E-state index in [1.165, 1.54) is 32.1 Å². The molecule has 1 heterocycles. The molecule has 0 amide bonds. The lowest BCUT2D eigenvalue weighted by Crippen LogP contribution is -2.06. The summed E-state index contributed by atoms with van der Waals surface area (Å²) >= 11 is 0. The van der Waals surface area contributed by atoms with Crippen LogP contribution in [0.2, 0.25) is 0 Å². The maximum absolute atomic E-state index is 5.67. The van der Waals surface area contributed by atoms with Crippen molar-refractivity contribution in [1.82, 2.24) is 15.2 Å². The third-order valence-electron chi connectivity index (χ3n) is 3.92. The first-order valence-electron chi connectivity index (χ1n) is 7.08. The highest BCUT2D eigenvalue weighted by atomic mass is 15.2. The van der Waals surface area contributed by atoms with E-state index >= 15 is 0 Å². The second-order valence-corrected chi connectivity index (χ2v) is 5.28. The van der Waals surface area contributed by atoms with Crippen molar-refractivity contribution in [2.75, 3.05) is 0 Å². The lowest BCUT2D eigenvalue weighted by atomic mass is 9.89. The number of benzene rings is 1. The van der Waals surface area contributed by atoms with Gasteiger partial charge in [-0.2, -0.15) is 5.10 Å². The zero-order chi connectivity index (χ0) is 13.1. The van der Waals surface area contributed by atoms with Crippen LogP contribution in [0.3, 0.4) is 0 Å². The van der Waals surface area contributed by atoms with Gasteiger partial charge in [0, 0.05) is 18.0 Å². The van der Waals surface area contributed by atoms with E-state index in [-0.39, 0.29) is 0 Å². The Morgan fingerprint density at radius 2 is 2.05 bits per heavy atom. The predicted molar refractivity (Wildman–Crippen MR) is 75.5 cm³/mol. The first-order chi connectivity index (χ1) is 9.36. The first kappa shape index (κ1) is 12.4. The van der Waals surface area contributed by atoms with E-state index in [0.29, 0.717) is 12.5 Å². The lowest BCUT2D eigenvalue weighted by molar-refractivity contribution is 0.429. The van der Waals surface area contributed by atoms with E-state index in [2.05, 4.69) is 21.2 Å². The zero-order valence-corrected chi connectivity index (χ0v) is 11.1. The average Bonchev–Trinajstić information content (AvgIpc) is 2.98. The minimum absolute atomic E-state index is 0.549. The third kappa shape index (κ3) is 2.68. The number of hydrogen-bond acceptors (Lipinski definition) is 3. The number of aromatic amines is 1. The number of nitrogens with zero attached hydrogens (tertiary/aromatic N) is 2. The van der Waals surface area contributed by atoms with Gasteiger partial charge in [0.1, 0.15) is 5.82 Å². The predicted octanol–water partition coefficient (Wildman–Crippen LogP) is 2.98. The van der Waals surface area contributed by atoms with Gasteiger partial charge in [0.2, 0.25) is 0 Å². The fourth-order valence-electron chi connectivity index (χ4n) is 2.80. The van der Waals surface area contributed by atoms with Crippen molar-refractivity contribution in [2.24, 2.45) is 5.73 Å². The molecule has 1 saturated carbocycles. The molecular weight excluding hydrogens is 236 g/mol. The molecule has 0 saturated heterocycles. The Bertz CT molecular complexity index is 541. The van der Waals surface area contributed by atoms with E-state index in [1.54, 1.807) is 0 Å². The smallest absolute Gasteiger partial charge is 0.181 e. The molecule has 3 N–H and O–H groups in total. The SMILES string of the molecule is NCc1cccc(-c2n[nH]c(C3CCCCC3)n2)c1. The van der Waals surface area contributed by atoms with E-state index in [1.807, 2.05) is 18.2 Å². The average molecular weight is 256 g/mol. The monoisotopic (exact) mass is 256 g/mol. The molecule has 0 atom stereocenters. The molecule has 1 fully saturated rings. The van der Waals surface area contributed by atoms with Gasteiger partial charge in [-0.3, -0.25) is 5.10 Å². The summed E-state index contributed by atoms with van der Waals surface area (Å²) in [4.78, 5) is 4.67. The van der Waals surface area contributed by atoms with Crippen molar-refractivity contribution in [1.29, 1.82) is 0 Å². The van der Waals surface area contributed by atoms with Gasteiger partial charge >= 0.3 is 0 Å². The van der Waals surface area contributed by atoms with Gasteiger partial charge in [-0.1, -0.05) is 37.5 Å². The zero-order valence-electron chi connectivity index (χ0n) is 11.1. The largest absolute Gasteiger partial charge is 0.326 e. The summed E-state index contributed by atoms with van der Waals surface area (Å²) in [6.45, 7) is 0.549. The highest BCUT2D eigenvalue weighted by Crippen LogP contribution is 2.31. The number of hydrogen-bond donors (Lipinski definition) is 2. The topological polar surface area (TPSA) is 67.6 Å². The Morgan fingerprint density at radius 1 is 1.21 bits per heavy atom. The highest BCUT2D eigenvalue weighted by Gasteiger charge is 2.19. The summed E-state index contributed by atoms with van der Waals surface area (Å²) in [5, 5.41) is 7.48. The van der Waals surface area contributed by atoms with E-state index in [4.69, 9.17) is 5.73 Å². The number of H-pyrrole nitrogens is 1. The van der Waals surface area contributed by atoms with Crippen LogP contribution >= 0.6 is 0 Å². The van der Waals surface area contributed by atoms with Gasteiger partial charge in [0.25, 0.3) is 0 Å². The van der Waals surface area contributed by atoms with Gasteiger partial charge in [-0.05, 0) is 24.5 Å². The van der Waals surface area contributed by atoms with Crippen LogP contribution in [0, 0.1) is 0 Å². The molecule has 19 heavy (non-hydrogen) atoms. The van der Waals surface area contributed by atoms with Crippen molar-refractivity contribution in [3.05, 3.63) is 35.7 Å². The van der Waals surface area contributed by atoms with Crippen LogP contribution < -0.4 is 5.73 Å². The molecule has 1 aromatic carbocycles. The van der Waals surface area contributed by atoms with Crippen LogP contribution in [-0.4, -0.2) is 15.2 Å². The molecule has 0 spiro atoms. The molecule has 2 aromatic rings. The van der Waals surface area contributed by atoms with E-state index < -0.39 is 0 Å².